The number of amides is 1. The number of alkyl halides is 1. The molecule has 1 atom stereocenters. The Hall–Kier alpha value is -0.420. The Morgan fingerprint density at radius 3 is 3.00 bits per heavy atom. The van der Waals surface area contributed by atoms with E-state index in [1.165, 1.54) is 0 Å². The Bertz CT molecular complexity index is 314. The number of carbonyl (C=O) groups excluding carboxylic acids is 1. The number of carbonyl (C=O) groups is 1. The number of thiazole rings is 1. The van der Waals surface area contributed by atoms with Gasteiger partial charge in [0.2, 0.25) is 5.91 Å². The number of hydrogen-bond donors (Lipinski definition) is 1. The van der Waals surface area contributed by atoms with Gasteiger partial charge in [0, 0.05) is 4.88 Å². The molecule has 0 aliphatic carbocycles. The second kappa shape index (κ2) is 5.46. The highest BCUT2D eigenvalue weighted by atomic mass is 79.9. The maximum absolute atomic E-state index is 11.4. The van der Waals surface area contributed by atoms with Crippen molar-refractivity contribution in [2.24, 2.45) is 0 Å². The molecule has 1 amide bonds. The van der Waals surface area contributed by atoms with Crippen LogP contribution in [0.1, 0.15) is 23.9 Å². The van der Waals surface area contributed by atoms with E-state index in [1.54, 1.807) is 16.8 Å². The summed E-state index contributed by atoms with van der Waals surface area (Å²) < 4.78 is 0. The first-order valence-corrected chi connectivity index (χ1v) is 6.25. The molecule has 1 aromatic rings. The molecule has 78 valence electrons. The highest BCUT2D eigenvalue weighted by molar-refractivity contribution is 9.10. The number of nitrogens with zero attached hydrogens (tertiary/aromatic N) is 1. The summed E-state index contributed by atoms with van der Waals surface area (Å²) in [4.78, 5) is 16.6. The topological polar surface area (TPSA) is 42.0 Å². The number of hydrogen-bond acceptors (Lipinski definition) is 3. The minimum absolute atomic E-state index is 0.0419. The van der Waals surface area contributed by atoms with E-state index < -0.39 is 0 Å². The summed E-state index contributed by atoms with van der Waals surface area (Å²) in [5, 5.41) is 2.86. The van der Waals surface area contributed by atoms with Crippen LogP contribution in [0.3, 0.4) is 0 Å². The molecule has 3 nitrogen and oxygen atoms in total. The fourth-order valence-electron chi connectivity index (χ4n) is 0.959. The molecule has 1 heterocycles. The third kappa shape index (κ3) is 3.06. The minimum Gasteiger partial charge on any atom is -0.350 e. The molecule has 0 saturated carbocycles. The Labute approximate surface area is 96.1 Å². The fourth-order valence-corrected chi connectivity index (χ4v) is 1.84. The van der Waals surface area contributed by atoms with E-state index in [9.17, 15) is 4.79 Å². The Balaban J connectivity index is 2.41. The van der Waals surface area contributed by atoms with Crippen molar-refractivity contribution in [2.75, 3.05) is 0 Å². The van der Waals surface area contributed by atoms with Crippen LogP contribution in [-0.2, 0) is 11.3 Å². The predicted octanol–water partition coefficient (Wildman–Crippen LogP) is 2.24. The standard InChI is InChI=1S/C9H13BrN2OS/c1-3-7(10)9(13)11-4-8-6(2)12-5-14-8/h5,7H,3-4H2,1-2H3,(H,11,13). The van der Waals surface area contributed by atoms with Gasteiger partial charge in [-0.15, -0.1) is 11.3 Å². The lowest BCUT2D eigenvalue weighted by Crippen LogP contribution is -2.30. The number of rotatable bonds is 4. The van der Waals surface area contributed by atoms with Gasteiger partial charge in [0.1, 0.15) is 0 Å². The van der Waals surface area contributed by atoms with Crippen LogP contribution in [0.25, 0.3) is 0 Å². The first-order chi connectivity index (χ1) is 6.65. The molecular weight excluding hydrogens is 264 g/mol. The zero-order valence-corrected chi connectivity index (χ0v) is 10.6. The van der Waals surface area contributed by atoms with Gasteiger partial charge in [-0.25, -0.2) is 4.98 Å². The zero-order chi connectivity index (χ0) is 10.6. The lowest BCUT2D eigenvalue weighted by Gasteiger charge is -2.07. The lowest BCUT2D eigenvalue weighted by molar-refractivity contribution is -0.120. The van der Waals surface area contributed by atoms with Crippen molar-refractivity contribution in [1.29, 1.82) is 0 Å². The second-order valence-electron chi connectivity index (χ2n) is 2.95. The van der Waals surface area contributed by atoms with Crippen molar-refractivity contribution < 1.29 is 4.79 Å². The second-order valence-corrected chi connectivity index (χ2v) is 5.00. The number of aromatic nitrogens is 1. The molecule has 0 spiro atoms. The van der Waals surface area contributed by atoms with Gasteiger partial charge in [0.25, 0.3) is 0 Å². The Morgan fingerprint density at radius 2 is 2.50 bits per heavy atom. The third-order valence-corrected chi connectivity index (χ3v) is 3.91. The first-order valence-electron chi connectivity index (χ1n) is 4.46. The van der Waals surface area contributed by atoms with Crippen LogP contribution < -0.4 is 5.32 Å². The van der Waals surface area contributed by atoms with Gasteiger partial charge in [-0.2, -0.15) is 0 Å². The quantitative estimate of drug-likeness (QED) is 0.858. The van der Waals surface area contributed by atoms with E-state index in [1.807, 2.05) is 13.8 Å². The monoisotopic (exact) mass is 276 g/mol. The van der Waals surface area contributed by atoms with E-state index in [4.69, 9.17) is 0 Å². The van der Waals surface area contributed by atoms with Gasteiger partial charge in [0.15, 0.2) is 0 Å². The van der Waals surface area contributed by atoms with Gasteiger partial charge in [-0.3, -0.25) is 4.79 Å². The predicted molar refractivity (Wildman–Crippen MR) is 61.7 cm³/mol. The summed E-state index contributed by atoms with van der Waals surface area (Å²) in [6.45, 7) is 4.50. The highest BCUT2D eigenvalue weighted by Crippen LogP contribution is 2.12. The molecule has 1 unspecified atom stereocenters. The van der Waals surface area contributed by atoms with Crippen LogP contribution in [0.5, 0.6) is 0 Å². The van der Waals surface area contributed by atoms with Gasteiger partial charge in [-0.1, -0.05) is 22.9 Å². The molecule has 14 heavy (non-hydrogen) atoms. The molecule has 1 N–H and O–H groups in total. The summed E-state index contributed by atoms with van der Waals surface area (Å²) in [7, 11) is 0. The van der Waals surface area contributed by atoms with E-state index in [0.717, 1.165) is 17.0 Å². The SMILES string of the molecule is CCC(Br)C(=O)NCc1scnc1C. The highest BCUT2D eigenvalue weighted by Gasteiger charge is 2.12. The molecular formula is C9H13BrN2OS. The average Bonchev–Trinajstić information content (AvgIpc) is 2.59. The summed E-state index contributed by atoms with van der Waals surface area (Å²) in [5.41, 5.74) is 2.79. The zero-order valence-electron chi connectivity index (χ0n) is 8.21. The van der Waals surface area contributed by atoms with E-state index in [0.29, 0.717) is 6.54 Å². The molecule has 1 aromatic heterocycles. The van der Waals surface area contributed by atoms with Crippen molar-refractivity contribution in [2.45, 2.75) is 31.6 Å². The van der Waals surface area contributed by atoms with Crippen LogP contribution in [0.2, 0.25) is 0 Å². The van der Waals surface area contributed by atoms with E-state index in [2.05, 4.69) is 26.2 Å². The molecule has 0 aromatic carbocycles. The van der Waals surface area contributed by atoms with Crippen molar-refractivity contribution in [3.05, 3.63) is 16.1 Å². The van der Waals surface area contributed by atoms with E-state index >= 15 is 0 Å². The smallest absolute Gasteiger partial charge is 0.234 e. The molecule has 5 heteroatoms. The van der Waals surface area contributed by atoms with Gasteiger partial charge in [-0.05, 0) is 13.3 Å². The van der Waals surface area contributed by atoms with Gasteiger partial charge < -0.3 is 5.32 Å². The normalized spacial score (nSPS) is 12.5. The maximum atomic E-state index is 11.4. The number of halogens is 1. The van der Waals surface area contributed by atoms with Crippen LogP contribution >= 0.6 is 27.3 Å². The summed E-state index contributed by atoms with van der Waals surface area (Å²) in [6, 6.07) is 0. The van der Waals surface area contributed by atoms with Crippen LogP contribution in [-0.4, -0.2) is 15.7 Å². The molecule has 0 bridgehead atoms. The average molecular weight is 277 g/mol. The summed E-state index contributed by atoms with van der Waals surface area (Å²) in [6.07, 6.45) is 0.799. The van der Waals surface area contributed by atoms with Crippen molar-refractivity contribution in [1.82, 2.24) is 10.3 Å². The maximum Gasteiger partial charge on any atom is 0.234 e. The van der Waals surface area contributed by atoms with Crippen LogP contribution in [0.4, 0.5) is 0 Å². The van der Waals surface area contributed by atoms with Crippen molar-refractivity contribution >= 4 is 33.2 Å². The third-order valence-electron chi connectivity index (χ3n) is 1.91. The largest absolute Gasteiger partial charge is 0.350 e. The Kier molecular flexibility index (Phi) is 4.54. The summed E-state index contributed by atoms with van der Waals surface area (Å²) in [5.74, 6) is 0.0419. The molecule has 0 aliphatic rings. The number of nitrogens with one attached hydrogen (secondary N) is 1. The summed E-state index contributed by atoms with van der Waals surface area (Å²) >= 11 is 4.87. The molecule has 0 aliphatic heterocycles. The molecule has 0 fully saturated rings. The minimum atomic E-state index is -0.0873. The first kappa shape index (κ1) is 11.7. The van der Waals surface area contributed by atoms with Crippen LogP contribution in [0, 0.1) is 6.92 Å². The van der Waals surface area contributed by atoms with Gasteiger partial charge in [0.05, 0.1) is 22.6 Å². The number of aryl methyl sites for hydroxylation is 1. The van der Waals surface area contributed by atoms with Crippen molar-refractivity contribution in [3.8, 4) is 0 Å². The van der Waals surface area contributed by atoms with Crippen molar-refractivity contribution in [3.63, 3.8) is 0 Å². The lowest BCUT2D eigenvalue weighted by atomic mass is 10.3. The molecule has 0 radical (unpaired) electrons. The van der Waals surface area contributed by atoms with E-state index in [-0.39, 0.29) is 10.7 Å². The van der Waals surface area contributed by atoms with Crippen LogP contribution in [0.15, 0.2) is 5.51 Å². The molecule has 1 rings (SSSR count). The fraction of sp³-hybridized carbons (Fsp3) is 0.556. The van der Waals surface area contributed by atoms with Gasteiger partial charge >= 0.3 is 0 Å². The molecule has 0 saturated heterocycles. The Morgan fingerprint density at radius 1 is 1.79 bits per heavy atom.